The zero-order valence-corrected chi connectivity index (χ0v) is 9.50. The molecule has 1 aromatic carbocycles. The first-order chi connectivity index (χ1) is 7.09. The maximum atomic E-state index is 11.9. The molecule has 2 nitrogen and oxygen atoms in total. The van der Waals surface area contributed by atoms with Gasteiger partial charge in [0.05, 0.1) is 4.90 Å². The fourth-order valence-electron chi connectivity index (χ4n) is 1.56. The predicted molar refractivity (Wildman–Crippen MR) is 60.1 cm³/mol. The van der Waals surface area contributed by atoms with Crippen LogP contribution in [0.1, 0.15) is 19.8 Å². The van der Waals surface area contributed by atoms with Gasteiger partial charge in [-0.05, 0) is 37.8 Å². The second kappa shape index (κ2) is 3.81. The summed E-state index contributed by atoms with van der Waals surface area (Å²) in [7, 11) is -3.23. The normalized spacial score (nSPS) is 17.8. The Morgan fingerprint density at radius 1 is 1.27 bits per heavy atom. The van der Waals surface area contributed by atoms with Crippen LogP contribution in [0.25, 0.3) is 0 Å². The topological polar surface area (TPSA) is 34.1 Å². The molecule has 0 aromatic heterocycles. The molecule has 80 valence electrons. The van der Waals surface area contributed by atoms with Crippen molar-refractivity contribution in [3.05, 3.63) is 41.3 Å². The largest absolute Gasteiger partial charge is 0.219 e. The molecular formula is C12H14O2S. The minimum Gasteiger partial charge on any atom is -0.219 e. The van der Waals surface area contributed by atoms with Crippen molar-refractivity contribution in [1.29, 1.82) is 0 Å². The van der Waals surface area contributed by atoms with Gasteiger partial charge in [-0.25, -0.2) is 8.42 Å². The SMILES string of the molecule is C/C(=C\S(=O)(=O)c1ccccc1)C1CC1. The Morgan fingerprint density at radius 2 is 1.87 bits per heavy atom. The summed E-state index contributed by atoms with van der Waals surface area (Å²) in [4.78, 5) is 0.380. The van der Waals surface area contributed by atoms with Gasteiger partial charge in [0.25, 0.3) is 0 Å². The lowest BCUT2D eigenvalue weighted by Gasteiger charge is -2.00. The van der Waals surface area contributed by atoms with Crippen LogP contribution in [-0.4, -0.2) is 8.42 Å². The molecule has 1 aliphatic carbocycles. The lowest BCUT2D eigenvalue weighted by Crippen LogP contribution is -1.97. The number of allylic oxidation sites excluding steroid dienone is 1. The molecule has 1 aliphatic rings. The summed E-state index contributed by atoms with van der Waals surface area (Å²) in [6.07, 6.45) is 2.26. The lowest BCUT2D eigenvalue weighted by atomic mass is 10.2. The van der Waals surface area contributed by atoms with E-state index in [9.17, 15) is 8.42 Å². The first-order valence-electron chi connectivity index (χ1n) is 5.08. The second-order valence-electron chi connectivity index (χ2n) is 3.99. The van der Waals surface area contributed by atoms with Gasteiger partial charge in [0.15, 0.2) is 9.84 Å². The minimum atomic E-state index is -3.23. The van der Waals surface area contributed by atoms with Crippen LogP contribution in [0.15, 0.2) is 46.2 Å². The van der Waals surface area contributed by atoms with E-state index < -0.39 is 9.84 Å². The first-order valence-corrected chi connectivity index (χ1v) is 6.62. The van der Waals surface area contributed by atoms with E-state index in [0.29, 0.717) is 10.8 Å². The number of hydrogen-bond acceptors (Lipinski definition) is 2. The summed E-state index contributed by atoms with van der Waals surface area (Å²) in [6, 6.07) is 8.56. The molecule has 3 heteroatoms. The van der Waals surface area contributed by atoms with E-state index in [1.54, 1.807) is 24.3 Å². The molecule has 1 aromatic rings. The third-order valence-corrected chi connectivity index (χ3v) is 4.25. The van der Waals surface area contributed by atoms with Crippen molar-refractivity contribution in [3.8, 4) is 0 Å². The minimum absolute atomic E-state index is 0.380. The van der Waals surface area contributed by atoms with Crippen LogP contribution < -0.4 is 0 Å². The summed E-state index contributed by atoms with van der Waals surface area (Å²) in [5.74, 6) is 0.503. The predicted octanol–water partition coefficient (Wildman–Crippen LogP) is 2.77. The summed E-state index contributed by atoms with van der Waals surface area (Å²) in [6.45, 7) is 1.90. The average Bonchev–Trinajstić information content (AvgIpc) is 3.01. The van der Waals surface area contributed by atoms with Gasteiger partial charge in [-0.2, -0.15) is 0 Å². The molecule has 0 radical (unpaired) electrons. The van der Waals surface area contributed by atoms with Crippen molar-refractivity contribution in [1.82, 2.24) is 0 Å². The average molecular weight is 222 g/mol. The molecule has 0 bridgehead atoms. The standard InChI is InChI=1S/C12H14O2S/c1-10(11-7-8-11)9-15(13,14)12-5-3-2-4-6-12/h2-6,9,11H,7-8H2,1H3/b10-9+. The third-order valence-electron chi connectivity index (χ3n) is 2.63. The first kappa shape index (κ1) is 10.4. The van der Waals surface area contributed by atoms with E-state index in [4.69, 9.17) is 0 Å². The Labute approximate surface area is 90.6 Å². The monoisotopic (exact) mass is 222 g/mol. The van der Waals surface area contributed by atoms with Gasteiger partial charge >= 0.3 is 0 Å². The quantitative estimate of drug-likeness (QED) is 0.788. The molecule has 0 aliphatic heterocycles. The van der Waals surface area contributed by atoms with E-state index in [0.717, 1.165) is 18.4 Å². The van der Waals surface area contributed by atoms with Gasteiger partial charge in [-0.1, -0.05) is 23.8 Å². The van der Waals surface area contributed by atoms with Crippen molar-refractivity contribution in [3.63, 3.8) is 0 Å². The van der Waals surface area contributed by atoms with E-state index in [1.807, 2.05) is 13.0 Å². The highest BCUT2D eigenvalue weighted by Gasteiger charge is 2.24. The van der Waals surface area contributed by atoms with Gasteiger partial charge in [-0.3, -0.25) is 0 Å². The van der Waals surface area contributed by atoms with E-state index >= 15 is 0 Å². The van der Waals surface area contributed by atoms with Crippen LogP contribution in [-0.2, 0) is 9.84 Å². The fraction of sp³-hybridized carbons (Fsp3) is 0.333. The maximum Gasteiger partial charge on any atom is 0.199 e. The zero-order chi connectivity index (χ0) is 10.9. The zero-order valence-electron chi connectivity index (χ0n) is 8.68. The molecule has 15 heavy (non-hydrogen) atoms. The molecule has 0 atom stereocenters. The number of rotatable bonds is 3. The molecule has 0 unspecified atom stereocenters. The Kier molecular flexibility index (Phi) is 2.65. The smallest absolute Gasteiger partial charge is 0.199 e. The molecule has 0 saturated heterocycles. The van der Waals surface area contributed by atoms with Gasteiger partial charge < -0.3 is 0 Å². The fourth-order valence-corrected chi connectivity index (χ4v) is 2.91. The number of hydrogen-bond donors (Lipinski definition) is 0. The summed E-state index contributed by atoms with van der Waals surface area (Å²) in [5, 5.41) is 1.42. The Bertz CT molecular complexity index is 468. The number of benzene rings is 1. The number of sulfone groups is 1. The van der Waals surface area contributed by atoms with Crippen LogP contribution >= 0.6 is 0 Å². The molecule has 1 saturated carbocycles. The summed E-state index contributed by atoms with van der Waals surface area (Å²) >= 11 is 0. The second-order valence-corrected chi connectivity index (χ2v) is 5.79. The Morgan fingerprint density at radius 3 is 2.40 bits per heavy atom. The third kappa shape index (κ3) is 2.48. The van der Waals surface area contributed by atoms with Crippen molar-refractivity contribution < 1.29 is 8.42 Å². The highest BCUT2D eigenvalue weighted by atomic mass is 32.2. The molecule has 2 rings (SSSR count). The van der Waals surface area contributed by atoms with Crippen molar-refractivity contribution in [2.75, 3.05) is 0 Å². The molecule has 0 heterocycles. The van der Waals surface area contributed by atoms with Crippen LogP contribution in [0.2, 0.25) is 0 Å². The van der Waals surface area contributed by atoms with Crippen LogP contribution in [0.3, 0.4) is 0 Å². The van der Waals surface area contributed by atoms with Crippen molar-refractivity contribution >= 4 is 9.84 Å². The molecule has 1 fully saturated rings. The van der Waals surface area contributed by atoms with Crippen LogP contribution in [0, 0.1) is 5.92 Å². The van der Waals surface area contributed by atoms with Crippen molar-refractivity contribution in [2.24, 2.45) is 5.92 Å². The molecule has 0 spiro atoms. The lowest BCUT2D eigenvalue weighted by molar-refractivity contribution is 0.604. The van der Waals surface area contributed by atoms with Gasteiger partial charge in [-0.15, -0.1) is 0 Å². The van der Waals surface area contributed by atoms with E-state index in [-0.39, 0.29) is 0 Å². The van der Waals surface area contributed by atoms with Gasteiger partial charge in [0, 0.05) is 5.41 Å². The Balaban J connectivity index is 2.31. The highest BCUT2D eigenvalue weighted by Crippen LogP contribution is 2.36. The summed E-state index contributed by atoms with van der Waals surface area (Å²) in [5.41, 5.74) is 0.985. The highest BCUT2D eigenvalue weighted by molar-refractivity contribution is 7.94. The van der Waals surface area contributed by atoms with E-state index in [2.05, 4.69) is 0 Å². The van der Waals surface area contributed by atoms with Gasteiger partial charge in [0.1, 0.15) is 0 Å². The molecular weight excluding hydrogens is 208 g/mol. The van der Waals surface area contributed by atoms with Crippen LogP contribution in [0.5, 0.6) is 0 Å². The summed E-state index contributed by atoms with van der Waals surface area (Å²) < 4.78 is 23.8. The van der Waals surface area contributed by atoms with Crippen LogP contribution in [0.4, 0.5) is 0 Å². The molecule has 0 N–H and O–H groups in total. The van der Waals surface area contributed by atoms with Gasteiger partial charge in [0.2, 0.25) is 0 Å². The Hall–Kier alpha value is -1.09. The van der Waals surface area contributed by atoms with Crippen molar-refractivity contribution in [2.45, 2.75) is 24.7 Å². The van der Waals surface area contributed by atoms with E-state index in [1.165, 1.54) is 5.41 Å². The maximum absolute atomic E-state index is 11.9. The molecule has 0 amide bonds.